The van der Waals surface area contributed by atoms with Crippen molar-refractivity contribution in [1.29, 1.82) is 0 Å². The predicted octanol–water partition coefficient (Wildman–Crippen LogP) is 3.78. The number of hydrogen-bond acceptors (Lipinski definition) is 2. The second kappa shape index (κ2) is 6.53. The number of benzene rings is 1. The number of nitrogens with one attached hydrogen (secondary N) is 1. The molecule has 4 heteroatoms. The summed E-state index contributed by atoms with van der Waals surface area (Å²) in [6.07, 6.45) is 5.74. The summed E-state index contributed by atoms with van der Waals surface area (Å²) in [5, 5.41) is 14.3. The fourth-order valence-corrected chi connectivity index (χ4v) is 3.21. The lowest BCUT2D eigenvalue weighted by Crippen LogP contribution is -2.34. The summed E-state index contributed by atoms with van der Waals surface area (Å²) in [5.74, 6) is -0.822. The van der Waals surface area contributed by atoms with Crippen LogP contribution in [0.3, 0.4) is 0 Å². The van der Waals surface area contributed by atoms with Gasteiger partial charge in [0.1, 0.15) is 5.69 Å². The number of aromatic nitrogens is 1. The van der Waals surface area contributed by atoms with E-state index in [1.165, 1.54) is 19.3 Å². The number of para-hydroxylation sites is 1. The number of aryl methyl sites for hydroxylation is 1. The first kappa shape index (κ1) is 15.1. The fourth-order valence-electron chi connectivity index (χ4n) is 3.21. The zero-order chi connectivity index (χ0) is 15.5. The fraction of sp³-hybridized carbons (Fsp3) is 0.500. The molecule has 1 aromatic heterocycles. The molecule has 118 valence electrons. The Morgan fingerprint density at radius 1 is 1.36 bits per heavy atom. The zero-order valence-corrected chi connectivity index (χ0v) is 13.1. The van der Waals surface area contributed by atoms with Crippen LogP contribution >= 0.6 is 0 Å². The Kier molecular flexibility index (Phi) is 4.48. The molecule has 22 heavy (non-hydrogen) atoms. The van der Waals surface area contributed by atoms with Gasteiger partial charge in [0.15, 0.2) is 0 Å². The van der Waals surface area contributed by atoms with Gasteiger partial charge in [-0.3, -0.25) is 0 Å². The third-order valence-electron chi connectivity index (χ3n) is 4.69. The van der Waals surface area contributed by atoms with Gasteiger partial charge in [-0.1, -0.05) is 38.0 Å². The van der Waals surface area contributed by atoms with E-state index in [1.807, 2.05) is 28.8 Å². The van der Waals surface area contributed by atoms with Crippen molar-refractivity contribution in [2.24, 2.45) is 0 Å². The molecule has 0 amide bonds. The quantitative estimate of drug-likeness (QED) is 0.818. The molecule has 0 saturated heterocycles. The van der Waals surface area contributed by atoms with Crippen LogP contribution in [0, 0.1) is 0 Å². The van der Waals surface area contributed by atoms with Crippen LogP contribution in [0.15, 0.2) is 24.3 Å². The normalized spacial score (nSPS) is 15.1. The molecule has 3 rings (SSSR count). The first-order chi connectivity index (χ1) is 10.7. The van der Waals surface area contributed by atoms with Crippen LogP contribution in [-0.4, -0.2) is 21.7 Å². The average molecular weight is 300 g/mol. The molecule has 0 aliphatic heterocycles. The van der Waals surface area contributed by atoms with E-state index in [4.69, 9.17) is 0 Å². The number of aromatic carboxylic acids is 1. The molecule has 0 radical (unpaired) electrons. The van der Waals surface area contributed by atoms with Crippen molar-refractivity contribution >= 4 is 16.9 Å². The van der Waals surface area contributed by atoms with Crippen molar-refractivity contribution in [3.8, 4) is 0 Å². The minimum atomic E-state index is -0.822. The van der Waals surface area contributed by atoms with E-state index >= 15 is 0 Å². The predicted molar refractivity (Wildman–Crippen MR) is 88.3 cm³/mol. The number of hydrogen-bond donors (Lipinski definition) is 2. The van der Waals surface area contributed by atoms with Gasteiger partial charge in [0.05, 0.1) is 0 Å². The molecule has 1 aliphatic carbocycles. The van der Waals surface area contributed by atoms with E-state index < -0.39 is 5.97 Å². The minimum Gasteiger partial charge on any atom is -0.477 e. The smallest absolute Gasteiger partial charge is 0.352 e. The van der Waals surface area contributed by atoms with Gasteiger partial charge in [-0.15, -0.1) is 0 Å². The first-order valence-corrected chi connectivity index (χ1v) is 8.29. The summed E-state index contributed by atoms with van der Waals surface area (Å²) in [7, 11) is 0. The van der Waals surface area contributed by atoms with E-state index in [-0.39, 0.29) is 0 Å². The third-order valence-corrected chi connectivity index (χ3v) is 4.69. The van der Waals surface area contributed by atoms with Crippen LogP contribution < -0.4 is 5.32 Å². The SMILES string of the molecule is CCCCn1c(C(=O)O)c(CNC2CCC2)c2ccccc21. The summed E-state index contributed by atoms with van der Waals surface area (Å²) in [4.78, 5) is 11.9. The van der Waals surface area contributed by atoms with Crippen molar-refractivity contribution in [2.75, 3.05) is 0 Å². The second-order valence-corrected chi connectivity index (χ2v) is 6.16. The van der Waals surface area contributed by atoms with Crippen molar-refractivity contribution in [1.82, 2.24) is 9.88 Å². The molecule has 0 spiro atoms. The number of carboxylic acid groups (broad SMARTS) is 1. The molecule has 1 aromatic carbocycles. The highest BCUT2D eigenvalue weighted by Crippen LogP contribution is 2.28. The highest BCUT2D eigenvalue weighted by Gasteiger charge is 2.23. The molecule has 2 N–H and O–H groups in total. The largest absolute Gasteiger partial charge is 0.477 e. The van der Waals surface area contributed by atoms with Crippen molar-refractivity contribution in [2.45, 2.75) is 58.2 Å². The molecule has 2 aromatic rings. The Hall–Kier alpha value is -1.81. The van der Waals surface area contributed by atoms with Crippen LogP contribution in [0.1, 0.15) is 55.1 Å². The van der Waals surface area contributed by atoms with E-state index in [0.29, 0.717) is 18.3 Å². The Bertz CT molecular complexity index is 671. The van der Waals surface area contributed by atoms with Crippen molar-refractivity contribution in [3.63, 3.8) is 0 Å². The highest BCUT2D eigenvalue weighted by molar-refractivity contribution is 5.98. The van der Waals surface area contributed by atoms with Crippen molar-refractivity contribution < 1.29 is 9.90 Å². The molecule has 1 heterocycles. The Morgan fingerprint density at radius 2 is 2.14 bits per heavy atom. The second-order valence-electron chi connectivity index (χ2n) is 6.16. The zero-order valence-electron chi connectivity index (χ0n) is 13.1. The number of nitrogens with zero attached hydrogens (tertiary/aromatic N) is 1. The standard InChI is InChI=1S/C18H24N2O2/c1-2-3-11-20-16-10-5-4-9-14(16)15(17(20)18(21)22)12-19-13-7-6-8-13/h4-5,9-10,13,19H,2-3,6-8,11-12H2,1H3,(H,21,22). The van der Waals surface area contributed by atoms with E-state index in [1.54, 1.807) is 0 Å². The molecule has 1 aliphatic rings. The highest BCUT2D eigenvalue weighted by atomic mass is 16.4. The van der Waals surface area contributed by atoms with Gasteiger partial charge in [-0.05, 0) is 25.3 Å². The van der Waals surface area contributed by atoms with Crippen LogP contribution in [0.5, 0.6) is 0 Å². The van der Waals surface area contributed by atoms with Gasteiger partial charge < -0.3 is 15.0 Å². The lowest BCUT2D eigenvalue weighted by Gasteiger charge is -2.26. The number of fused-ring (bicyclic) bond motifs is 1. The summed E-state index contributed by atoms with van der Waals surface area (Å²) in [5.41, 5.74) is 2.44. The monoisotopic (exact) mass is 300 g/mol. The van der Waals surface area contributed by atoms with Gasteiger partial charge in [0.25, 0.3) is 0 Å². The van der Waals surface area contributed by atoms with Crippen LogP contribution in [0.25, 0.3) is 10.9 Å². The summed E-state index contributed by atoms with van der Waals surface area (Å²) in [6, 6.07) is 8.61. The Morgan fingerprint density at radius 3 is 2.77 bits per heavy atom. The van der Waals surface area contributed by atoms with Gasteiger partial charge in [-0.2, -0.15) is 0 Å². The summed E-state index contributed by atoms with van der Waals surface area (Å²) >= 11 is 0. The topological polar surface area (TPSA) is 54.3 Å². The third kappa shape index (κ3) is 2.75. The summed E-state index contributed by atoms with van der Waals surface area (Å²) in [6.45, 7) is 3.54. The number of carboxylic acids is 1. The molecule has 1 fully saturated rings. The molecule has 0 unspecified atom stereocenters. The maximum Gasteiger partial charge on any atom is 0.352 e. The minimum absolute atomic E-state index is 0.460. The Balaban J connectivity index is 2.02. The molecule has 1 saturated carbocycles. The number of carbonyl (C=O) groups is 1. The Labute approximate surface area is 131 Å². The van der Waals surface area contributed by atoms with E-state index in [9.17, 15) is 9.90 Å². The lowest BCUT2D eigenvalue weighted by atomic mass is 9.93. The first-order valence-electron chi connectivity index (χ1n) is 8.29. The van der Waals surface area contributed by atoms with Crippen molar-refractivity contribution in [3.05, 3.63) is 35.5 Å². The maximum atomic E-state index is 11.9. The number of rotatable bonds is 7. The maximum absolute atomic E-state index is 11.9. The van der Waals surface area contributed by atoms with Gasteiger partial charge in [0.2, 0.25) is 0 Å². The molecular formula is C18H24N2O2. The average Bonchev–Trinajstić information content (AvgIpc) is 2.78. The molecule has 0 bridgehead atoms. The molecular weight excluding hydrogens is 276 g/mol. The van der Waals surface area contributed by atoms with Gasteiger partial charge in [0, 0.05) is 35.6 Å². The van der Waals surface area contributed by atoms with Crippen LogP contribution in [-0.2, 0) is 13.1 Å². The van der Waals surface area contributed by atoms with E-state index in [0.717, 1.165) is 35.9 Å². The van der Waals surface area contributed by atoms with Crippen LogP contribution in [0.4, 0.5) is 0 Å². The van der Waals surface area contributed by atoms with Gasteiger partial charge in [-0.25, -0.2) is 4.79 Å². The summed E-state index contributed by atoms with van der Waals surface area (Å²) < 4.78 is 1.99. The lowest BCUT2D eigenvalue weighted by molar-refractivity contribution is 0.0684. The number of unbranched alkanes of at least 4 members (excludes halogenated alkanes) is 1. The molecule has 0 atom stereocenters. The van der Waals surface area contributed by atoms with Crippen LogP contribution in [0.2, 0.25) is 0 Å². The van der Waals surface area contributed by atoms with E-state index in [2.05, 4.69) is 12.2 Å². The van der Waals surface area contributed by atoms with Gasteiger partial charge >= 0.3 is 5.97 Å². The molecule has 4 nitrogen and oxygen atoms in total.